The van der Waals surface area contributed by atoms with Crippen molar-refractivity contribution in [1.82, 2.24) is 9.78 Å². The van der Waals surface area contributed by atoms with E-state index in [-0.39, 0.29) is 10.6 Å². The second-order valence-corrected chi connectivity index (χ2v) is 8.68. The van der Waals surface area contributed by atoms with Crippen LogP contribution < -0.4 is 0 Å². The molecular weight excluding hydrogens is 401 g/mol. The Morgan fingerprint density at radius 2 is 1.88 bits per heavy atom. The first-order valence-electron chi connectivity index (χ1n) is 8.55. The van der Waals surface area contributed by atoms with Crippen LogP contribution in [-0.2, 0) is 6.42 Å². The van der Waals surface area contributed by atoms with Crippen molar-refractivity contribution in [2.24, 2.45) is 4.40 Å². The minimum Gasteiger partial charge on any atom is -0.237 e. The zero-order valence-corrected chi connectivity index (χ0v) is 18.0. The van der Waals surface area contributed by atoms with Gasteiger partial charge < -0.3 is 0 Å². The van der Waals surface area contributed by atoms with Gasteiger partial charge in [0.2, 0.25) is 0 Å². The first-order valence-corrected chi connectivity index (χ1v) is 10.1. The molecule has 1 heterocycles. The third-order valence-corrected chi connectivity index (χ3v) is 4.50. The van der Waals surface area contributed by atoms with Gasteiger partial charge in [0.05, 0.1) is 22.1 Å². The van der Waals surface area contributed by atoms with Crippen LogP contribution in [0.4, 0.5) is 4.39 Å². The van der Waals surface area contributed by atoms with E-state index in [0.29, 0.717) is 0 Å². The SMILES string of the molecule is CC.CC(C)(C)S/N=C/CCCc1c(Br)cnn1-c1ccc(F)cc1. The van der Waals surface area contributed by atoms with E-state index in [0.717, 1.165) is 35.1 Å². The molecule has 6 heteroatoms. The zero-order chi connectivity index (χ0) is 18.9. The maximum atomic E-state index is 13.1. The molecule has 0 aliphatic carbocycles. The van der Waals surface area contributed by atoms with Crippen LogP contribution in [0.3, 0.4) is 0 Å². The van der Waals surface area contributed by atoms with Gasteiger partial charge in [0, 0.05) is 11.0 Å². The standard InChI is InChI=1S/C17H21BrFN3S.C2H6/c1-17(2,3)23-21-11-5-4-6-16-15(18)12-20-22(16)14-9-7-13(19)8-10-14;1-2/h7-12H,4-6H2,1-3H3;1-2H3/b21-11+;. The summed E-state index contributed by atoms with van der Waals surface area (Å²) in [4.78, 5) is 0. The summed E-state index contributed by atoms with van der Waals surface area (Å²) in [6, 6.07) is 6.37. The van der Waals surface area contributed by atoms with Gasteiger partial charge >= 0.3 is 0 Å². The second kappa shape index (κ2) is 10.8. The highest BCUT2D eigenvalue weighted by molar-refractivity contribution is 9.10. The molecule has 0 radical (unpaired) electrons. The molecule has 2 aromatic rings. The molecule has 1 aromatic heterocycles. The van der Waals surface area contributed by atoms with E-state index in [1.165, 1.54) is 12.1 Å². The molecule has 0 atom stereocenters. The van der Waals surface area contributed by atoms with E-state index in [1.54, 1.807) is 30.3 Å². The summed E-state index contributed by atoms with van der Waals surface area (Å²) < 4.78 is 20.4. The molecule has 138 valence electrons. The van der Waals surface area contributed by atoms with Gasteiger partial charge in [0.15, 0.2) is 0 Å². The molecule has 0 spiro atoms. The highest BCUT2D eigenvalue weighted by Gasteiger charge is 2.11. The van der Waals surface area contributed by atoms with E-state index in [4.69, 9.17) is 0 Å². The molecule has 0 unspecified atom stereocenters. The van der Waals surface area contributed by atoms with E-state index in [2.05, 4.69) is 46.2 Å². The zero-order valence-electron chi connectivity index (χ0n) is 15.6. The lowest BCUT2D eigenvalue weighted by Gasteiger charge is -2.12. The molecule has 0 saturated heterocycles. The summed E-state index contributed by atoms with van der Waals surface area (Å²) in [5, 5.41) is 4.37. The molecule has 0 amide bonds. The fourth-order valence-corrected chi connectivity index (χ4v) is 2.95. The number of hydrogen-bond donors (Lipinski definition) is 0. The third kappa shape index (κ3) is 7.74. The molecule has 0 aliphatic heterocycles. The van der Waals surface area contributed by atoms with Gasteiger partial charge in [-0.3, -0.25) is 0 Å². The Kier molecular flexibility index (Phi) is 9.43. The predicted octanol–water partition coefficient (Wildman–Crippen LogP) is 6.64. The van der Waals surface area contributed by atoms with Crippen molar-refractivity contribution in [3.05, 3.63) is 46.4 Å². The van der Waals surface area contributed by atoms with Crippen molar-refractivity contribution < 1.29 is 4.39 Å². The molecule has 0 bridgehead atoms. The van der Waals surface area contributed by atoms with E-state index < -0.39 is 0 Å². The smallest absolute Gasteiger partial charge is 0.123 e. The van der Waals surface area contributed by atoms with Crippen molar-refractivity contribution in [2.45, 2.75) is 58.6 Å². The Bertz CT molecular complexity index is 660. The molecule has 0 fully saturated rings. The van der Waals surface area contributed by atoms with Gasteiger partial charge in [-0.15, -0.1) is 0 Å². The van der Waals surface area contributed by atoms with Gasteiger partial charge in [-0.1, -0.05) is 13.8 Å². The first-order chi connectivity index (χ1) is 11.9. The average Bonchev–Trinajstić information content (AvgIpc) is 2.93. The number of nitrogens with zero attached hydrogens (tertiary/aromatic N) is 3. The second-order valence-electron chi connectivity index (χ2n) is 6.21. The molecule has 1 aromatic carbocycles. The Morgan fingerprint density at radius 1 is 1.24 bits per heavy atom. The van der Waals surface area contributed by atoms with Crippen molar-refractivity contribution in [3.63, 3.8) is 0 Å². The minimum absolute atomic E-state index is 0.154. The number of aromatic nitrogens is 2. The van der Waals surface area contributed by atoms with Crippen molar-refractivity contribution >= 4 is 34.1 Å². The van der Waals surface area contributed by atoms with Crippen LogP contribution in [0.5, 0.6) is 0 Å². The summed E-state index contributed by atoms with van der Waals surface area (Å²) in [6.45, 7) is 10.4. The largest absolute Gasteiger partial charge is 0.237 e. The Labute approximate surface area is 163 Å². The van der Waals surface area contributed by atoms with Crippen LogP contribution in [-0.4, -0.2) is 20.7 Å². The number of unbranched alkanes of at least 4 members (excludes halogenated alkanes) is 1. The maximum absolute atomic E-state index is 13.1. The fourth-order valence-electron chi connectivity index (χ4n) is 1.99. The summed E-state index contributed by atoms with van der Waals surface area (Å²) in [5.41, 5.74) is 1.96. The van der Waals surface area contributed by atoms with Crippen LogP contribution in [0, 0.1) is 5.82 Å². The van der Waals surface area contributed by atoms with Crippen LogP contribution in [0.1, 0.15) is 53.2 Å². The highest BCUT2D eigenvalue weighted by atomic mass is 79.9. The quantitative estimate of drug-likeness (QED) is 0.293. The molecule has 0 aliphatic rings. The topological polar surface area (TPSA) is 30.2 Å². The summed E-state index contributed by atoms with van der Waals surface area (Å²) in [7, 11) is 0. The lowest BCUT2D eigenvalue weighted by atomic mass is 10.2. The highest BCUT2D eigenvalue weighted by Crippen LogP contribution is 2.24. The van der Waals surface area contributed by atoms with Crippen molar-refractivity contribution in [1.29, 1.82) is 0 Å². The molecule has 0 saturated carbocycles. The lowest BCUT2D eigenvalue weighted by molar-refractivity contribution is 0.626. The average molecular weight is 428 g/mol. The summed E-state index contributed by atoms with van der Waals surface area (Å²) >= 11 is 5.14. The van der Waals surface area contributed by atoms with Gasteiger partial charge in [0.25, 0.3) is 0 Å². The number of rotatable bonds is 6. The number of halogens is 2. The number of hydrogen-bond acceptors (Lipinski definition) is 3. The van der Waals surface area contributed by atoms with Gasteiger partial charge in [0.1, 0.15) is 5.82 Å². The minimum atomic E-state index is -0.242. The predicted molar refractivity (Wildman–Crippen MR) is 111 cm³/mol. The monoisotopic (exact) mass is 427 g/mol. The molecule has 2 rings (SSSR count). The fraction of sp³-hybridized carbons (Fsp3) is 0.474. The van der Waals surface area contributed by atoms with Crippen LogP contribution in [0.2, 0.25) is 0 Å². The number of benzene rings is 1. The van der Waals surface area contributed by atoms with Gasteiger partial charge in [-0.2, -0.15) is 5.10 Å². The lowest BCUT2D eigenvalue weighted by Crippen LogP contribution is -2.05. The van der Waals surface area contributed by atoms with E-state index in [9.17, 15) is 4.39 Å². The van der Waals surface area contributed by atoms with E-state index >= 15 is 0 Å². The van der Waals surface area contributed by atoms with Crippen molar-refractivity contribution in [3.8, 4) is 5.69 Å². The van der Waals surface area contributed by atoms with Crippen LogP contribution in [0.25, 0.3) is 5.69 Å². The molecular formula is C19H27BrFN3S. The van der Waals surface area contributed by atoms with Crippen LogP contribution in [0.15, 0.2) is 39.3 Å². The first kappa shape index (κ1) is 21.9. The Balaban J connectivity index is 0.00000151. The van der Waals surface area contributed by atoms with Crippen molar-refractivity contribution in [2.75, 3.05) is 0 Å². The third-order valence-electron chi connectivity index (χ3n) is 3.04. The van der Waals surface area contributed by atoms with E-state index in [1.807, 2.05) is 24.7 Å². The Hall–Kier alpha value is -1.14. The summed E-state index contributed by atoms with van der Waals surface area (Å²) in [6.07, 6.45) is 6.54. The normalized spacial score (nSPS) is 11.5. The van der Waals surface area contributed by atoms with Gasteiger partial charge in [-0.25, -0.2) is 13.5 Å². The van der Waals surface area contributed by atoms with Gasteiger partial charge in [-0.05, 0) is 92.2 Å². The molecule has 25 heavy (non-hydrogen) atoms. The summed E-state index contributed by atoms with van der Waals surface area (Å²) in [5.74, 6) is -0.242. The Morgan fingerprint density at radius 3 is 2.48 bits per heavy atom. The molecule has 0 N–H and O–H groups in total. The maximum Gasteiger partial charge on any atom is 0.123 e. The molecule has 3 nitrogen and oxygen atoms in total. The van der Waals surface area contributed by atoms with Crippen LogP contribution >= 0.6 is 27.9 Å².